The molecule has 0 heterocycles. The van der Waals surface area contributed by atoms with Crippen molar-refractivity contribution >= 4 is 11.9 Å². The van der Waals surface area contributed by atoms with E-state index in [9.17, 15) is 9.59 Å². The van der Waals surface area contributed by atoms with Crippen LogP contribution in [0.2, 0.25) is 0 Å². The summed E-state index contributed by atoms with van der Waals surface area (Å²) in [6.45, 7) is 43.8. The minimum Gasteiger partial charge on any atom is -0.466 e. The molecule has 0 rings (SSSR count). The highest BCUT2D eigenvalue weighted by molar-refractivity contribution is 5.66. The number of ether oxygens (including phenoxy) is 2. The lowest BCUT2D eigenvalue weighted by atomic mass is 10.1. The first kappa shape index (κ1) is 128. The first-order chi connectivity index (χ1) is 52.9. The standard InChI is InChI=1S/8C12H26.2C4H8O2/c8*1-3-5-7-9-11-12-10-8-6-4-2;2*1-3-6-4(2)5/h8*3-12H2,1-2H3;2*3H2,1-2H3. The van der Waals surface area contributed by atoms with Crippen LogP contribution in [0.5, 0.6) is 0 Å². The van der Waals surface area contributed by atoms with Gasteiger partial charge in [0, 0.05) is 13.8 Å². The van der Waals surface area contributed by atoms with Gasteiger partial charge in [0.05, 0.1) is 13.2 Å². The van der Waals surface area contributed by atoms with E-state index in [1.807, 2.05) is 0 Å². The van der Waals surface area contributed by atoms with Crippen molar-refractivity contribution in [1.82, 2.24) is 0 Å². The van der Waals surface area contributed by atoms with E-state index in [1.165, 1.54) is 528 Å². The SMILES string of the molecule is CCCCCCCCCCCC.CCCCCCCCCCCC.CCCCCCCCCCCC.CCCCCCCCCCCC.CCCCCCCCCCCC.CCCCCCCCCCCC.CCCCCCCCCCCC.CCCCCCCCCCCC.CCOC(C)=O.CCOC(C)=O. The van der Waals surface area contributed by atoms with Crippen LogP contribution < -0.4 is 0 Å². The molecule has 4 heteroatoms. The summed E-state index contributed by atoms with van der Waals surface area (Å²) < 4.78 is 8.81. The second-order valence-corrected chi connectivity index (χ2v) is 32.5. The van der Waals surface area contributed by atoms with Gasteiger partial charge >= 0.3 is 11.9 Å². The van der Waals surface area contributed by atoms with Gasteiger partial charge in [0.25, 0.3) is 0 Å². The van der Waals surface area contributed by atoms with Crippen molar-refractivity contribution < 1.29 is 19.1 Å². The van der Waals surface area contributed by atoms with E-state index >= 15 is 0 Å². The van der Waals surface area contributed by atoms with Crippen LogP contribution in [0.25, 0.3) is 0 Å². The Labute approximate surface area is 692 Å². The predicted molar refractivity (Wildman–Crippen MR) is 505 cm³/mol. The molecule has 0 saturated heterocycles. The summed E-state index contributed by atoms with van der Waals surface area (Å²) in [5, 5.41) is 0. The second kappa shape index (κ2) is 147. The zero-order valence-corrected chi connectivity index (χ0v) is 80.6. The van der Waals surface area contributed by atoms with Crippen LogP contribution in [0, 0.1) is 0 Å². The molecule has 0 N–H and O–H groups in total. The van der Waals surface area contributed by atoms with Crippen molar-refractivity contribution in [2.45, 2.75) is 652 Å². The molecule has 0 aromatic heterocycles. The molecule has 0 aromatic carbocycles. The fourth-order valence-electron chi connectivity index (χ4n) is 12.9. The maximum absolute atomic E-state index is 9.82. The summed E-state index contributed by atoms with van der Waals surface area (Å²) in [6.07, 6.45) is 116. The maximum atomic E-state index is 9.82. The number of esters is 2. The van der Waals surface area contributed by atoms with Gasteiger partial charge in [0.2, 0.25) is 0 Å². The van der Waals surface area contributed by atoms with E-state index in [2.05, 4.69) is 120 Å². The van der Waals surface area contributed by atoms with E-state index in [0.717, 1.165) is 0 Å². The minimum atomic E-state index is -0.211. The lowest BCUT2D eigenvalue weighted by Gasteiger charge is -1.99. The summed E-state index contributed by atoms with van der Waals surface area (Å²) in [5.74, 6) is -0.421. The van der Waals surface area contributed by atoms with E-state index in [-0.39, 0.29) is 11.9 Å². The molecular weight excluding hydrogens is 1310 g/mol. The second-order valence-electron chi connectivity index (χ2n) is 32.5. The quantitative estimate of drug-likeness (QED) is 0.0450. The van der Waals surface area contributed by atoms with Crippen LogP contribution in [0.4, 0.5) is 0 Å². The molecule has 0 radical (unpaired) electrons. The minimum absolute atomic E-state index is 0.211. The van der Waals surface area contributed by atoms with Gasteiger partial charge in [0.1, 0.15) is 0 Å². The van der Waals surface area contributed by atoms with Gasteiger partial charge in [-0.15, -0.1) is 0 Å². The molecule has 0 aliphatic carbocycles. The van der Waals surface area contributed by atoms with Crippen molar-refractivity contribution in [3.8, 4) is 0 Å². The Morgan fingerprint density at radius 2 is 0.176 bits per heavy atom. The number of carbonyl (C=O) groups is 2. The highest BCUT2D eigenvalue weighted by atomic mass is 16.5. The molecule has 0 atom stereocenters. The zero-order valence-electron chi connectivity index (χ0n) is 80.6. The molecule has 0 aliphatic rings. The van der Waals surface area contributed by atoms with Crippen LogP contribution in [0.15, 0.2) is 0 Å². The Kier molecular flexibility index (Phi) is 174. The van der Waals surface area contributed by atoms with Crippen LogP contribution in [0.1, 0.15) is 652 Å². The van der Waals surface area contributed by atoms with E-state index in [1.54, 1.807) is 13.8 Å². The van der Waals surface area contributed by atoms with Crippen molar-refractivity contribution in [3.05, 3.63) is 0 Å². The molecule has 0 aliphatic heterocycles. The molecule has 0 aromatic rings. The van der Waals surface area contributed by atoms with Crippen molar-refractivity contribution in [3.63, 3.8) is 0 Å². The number of hydrogen-bond donors (Lipinski definition) is 0. The number of rotatable bonds is 74. The summed E-state index contributed by atoms with van der Waals surface area (Å²) in [4.78, 5) is 19.6. The fraction of sp³-hybridized carbons (Fsp3) is 0.981. The molecular formula is C104H224O4. The third-order valence-electron chi connectivity index (χ3n) is 20.4. The summed E-state index contributed by atoms with van der Waals surface area (Å²) in [6, 6.07) is 0. The Bertz CT molecular complexity index is 945. The number of unbranched alkanes of at least 4 members (excludes halogenated alkanes) is 72. The first-order valence-electron chi connectivity index (χ1n) is 51.1. The van der Waals surface area contributed by atoms with Gasteiger partial charge in [-0.25, -0.2) is 0 Å². The van der Waals surface area contributed by atoms with E-state index in [4.69, 9.17) is 0 Å². The summed E-state index contributed by atoms with van der Waals surface area (Å²) in [5.41, 5.74) is 0. The molecule has 108 heavy (non-hydrogen) atoms. The van der Waals surface area contributed by atoms with Crippen LogP contribution in [0.3, 0.4) is 0 Å². The summed E-state index contributed by atoms with van der Waals surface area (Å²) in [7, 11) is 0. The molecule has 0 saturated carbocycles. The predicted octanol–water partition coefficient (Wildman–Crippen LogP) is 40.6. The van der Waals surface area contributed by atoms with Crippen molar-refractivity contribution in [2.24, 2.45) is 0 Å². The maximum Gasteiger partial charge on any atom is 0.302 e. The molecule has 0 spiro atoms. The fourth-order valence-corrected chi connectivity index (χ4v) is 12.9. The summed E-state index contributed by atoms with van der Waals surface area (Å²) >= 11 is 0. The molecule has 664 valence electrons. The lowest BCUT2D eigenvalue weighted by molar-refractivity contribution is -0.141. The molecule has 0 fully saturated rings. The third-order valence-corrected chi connectivity index (χ3v) is 20.4. The topological polar surface area (TPSA) is 52.6 Å². The molecule has 0 amide bonds. The zero-order chi connectivity index (χ0) is 82.6. The highest BCUT2D eigenvalue weighted by Gasteiger charge is 1.98. The molecule has 0 unspecified atom stereocenters. The van der Waals surface area contributed by atoms with E-state index in [0.29, 0.717) is 13.2 Å². The largest absolute Gasteiger partial charge is 0.466 e. The average Bonchev–Trinajstić information content (AvgIpc) is 3.90. The van der Waals surface area contributed by atoms with Crippen molar-refractivity contribution in [2.75, 3.05) is 13.2 Å². The number of carbonyl (C=O) groups excluding carboxylic acids is 2. The normalized spacial score (nSPS) is 10.2. The van der Waals surface area contributed by atoms with Crippen molar-refractivity contribution in [1.29, 1.82) is 0 Å². The Morgan fingerprint density at radius 3 is 0.204 bits per heavy atom. The van der Waals surface area contributed by atoms with Crippen LogP contribution in [-0.2, 0) is 19.1 Å². The highest BCUT2D eigenvalue weighted by Crippen LogP contribution is 2.17. The van der Waals surface area contributed by atoms with Gasteiger partial charge in [-0.3, -0.25) is 9.59 Å². The van der Waals surface area contributed by atoms with Gasteiger partial charge in [-0.05, 0) is 13.8 Å². The molecule has 4 nitrogen and oxygen atoms in total. The third kappa shape index (κ3) is 192. The average molecular weight is 1540 g/mol. The van der Waals surface area contributed by atoms with Crippen LogP contribution >= 0.6 is 0 Å². The Morgan fingerprint density at radius 1 is 0.120 bits per heavy atom. The molecule has 0 bridgehead atoms. The van der Waals surface area contributed by atoms with Gasteiger partial charge < -0.3 is 9.47 Å². The lowest BCUT2D eigenvalue weighted by Crippen LogP contribution is -1.95. The smallest absolute Gasteiger partial charge is 0.302 e. The van der Waals surface area contributed by atoms with Crippen LogP contribution in [-0.4, -0.2) is 25.2 Å². The van der Waals surface area contributed by atoms with E-state index < -0.39 is 0 Å². The van der Waals surface area contributed by atoms with Gasteiger partial charge in [0.15, 0.2) is 0 Å². The number of hydrogen-bond acceptors (Lipinski definition) is 4. The Balaban J connectivity index is -0.000000124. The first-order valence-corrected chi connectivity index (χ1v) is 51.1. The monoisotopic (exact) mass is 1540 g/mol. The van der Waals surface area contributed by atoms with Gasteiger partial charge in [-0.2, -0.15) is 0 Å². The Hall–Kier alpha value is -1.06. The van der Waals surface area contributed by atoms with Gasteiger partial charge in [-0.1, -0.05) is 624 Å².